The molecule has 3 heteroatoms. The lowest BCUT2D eigenvalue weighted by atomic mass is 9.78. The van der Waals surface area contributed by atoms with E-state index in [4.69, 9.17) is 4.74 Å². The summed E-state index contributed by atoms with van der Waals surface area (Å²) in [4.78, 5) is 0. The monoisotopic (exact) mass is 468 g/mol. The van der Waals surface area contributed by atoms with E-state index in [9.17, 15) is 10.2 Å². The Morgan fingerprint density at radius 1 is 0.639 bits per heavy atom. The fourth-order valence-electron chi connectivity index (χ4n) is 5.71. The van der Waals surface area contributed by atoms with E-state index in [0.29, 0.717) is 0 Å². The minimum Gasteiger partial charge on any atom is -0.508 e. The molecule has 174 valence electrons. The Hall–Kier alpha value is -4.50. The van der Waals surface area contributed by atoms with E-state index in [1.54, 1.807) is 24.3 Å². The van der Waals surface area contributed by atoms with Crippen molar-refractivity contribution in [1.82, 2.24) is 0 Å². The Balaban J connectivity index is 1.50. The van der Waals surface area contributed by atoms with Crippen molar-refractivity contribution < 1.29 is 14.9 Å². The van der Waals surface area contributed by atoms with Crippen LogP contribution >= 0.6 is 0 Å². The first-order chi connectivity index (χ1) is 17.7. The van der Waals surface area contributed by atoms with Crippen LogP contribution in [0.4, 0.5) is 0 Å². The van der Waals surface area contributed by atoms with Gasteiger partial charge in [-0.1, -0.05) is 66.8 Å². The number of rotatable bonds is 2. The predicted molar refractivity (Wildman–Crippen MR) is 145 cm³/mol. The smallest absolute Gasteiger partial charge is 0.132 e. The van der Waals surface area contributed by atoms with Crippen LogP contribution in [0.1, 0.15) is 41.0 Å². The summed E-state index contributed by atoms with van der Waals surface area (Å²) < 4.78 is 6.48. The van der Waals surface area contributed by atoms with Crippen LogP contribution in [0.5, 0.6) is 23.0 Å². The SMILES string of the molecule is Oc1ccc2c3c(ccc2c1)Oc1ccc2cc(O)ccc2c1C3c1ccc(C2=CCCC=C2)cc1. The topological polar surface area (TPSA) is 49.7 Å². The molecule has 0 atom stereocenters. The standard InChI is InChI=1S/C33H24O3/c34-25-12-14-27-23(18-25)10-16-29-32(27)31(22-8-6-21(7-9-22)20-4-2-1-3-5-20)33-28-15-13-26(35)19-24(28)11-17-30(33)36-29/h2,4-19,31,34-35H,1,3H2. The lowest BCUT2D eigenvalue weighted by molar-refractivity contribution is 0.455. The highest BCUT2D eigenvalue weighted by Crippen LogP contribution is 2.52. The van der Waals surface area contributed by atoms with Crippen LogP contribution in [0.15, 0.2) is 103 Å². The van der Waals surface area contributed by atoms with E-state index in [1.807, 2.05) is 36.4 Å². The van der Waals surface area contributed by atoms with Crippen LogP contribution in [-0.4, -0.2) is 10.2 Å². The molecular weight excluding hydrogens is 444 g/mol. The van der Waals surface area contributed by atoms with Gasteiger partial charge in [0.2, 0.25) is 0 Å². The Kier molecular flexibility index (Phi) is 4.65. The molecule has 2 aliphatic rings. The van der Waals surface area contributed by atoms with Crippen LogP contribution in [0.25, 0.3) is 27.1 Å². The van der Waals surface area contributed by atoms with Crippen molar-refractivity contribution in [2.45, 2.75) is 18.8 Å². The summed E-state index contributed by atoms with van der Waals surface area (Å²) in [7, 11) is 0. The second-order valence-corrected chi connectivity index (χ2v) is 9.56. The predicted octanol–water partition coefficient (Wildman–Crippen LogP) is 8.42. The van der Waals surface area contributed by atoms with E-state index in [0.717, 1.165) is 57.0 Å². The molecule has 36 heavy (non-hydrogen) atoms. The summed E-state index contributed by atoms with van der Waals surface area (Å²) in [5, 5.41) is 24.3. The van der Waals surface area contributed by atoms with Gasteiger partial charge in [0.15, 0.2) is 0 Å². The van der Waals surface area contributed by atoms with Crippen molar-refractivity contribution in [1.29, 1.82) is 0 Å². The van der Waals surface area contributed by atoms with Crippen molar-refractivity contribution in [3.8, 4) is 23.0 Å². The molecule has 2 N–H and O–H groups in total. The van der Waals surface area contributed by atoms with Crippen LogP contribution in [0.2, 0.25) is 0 Å². The fourth-order valence-corrected chi connectivity index (χ4v) is 5.71. The maximum atomic E-state index is 10.1. The molecule has 0 fully saturated rings. The fraction of sp³-hybridized carbons (Fsp3) is 0.0909. The number of ether oxygens (including phenoxy) is 1. The minimum absolute atomic E-state index is 0.0739. The second-order valence-electron chi connectivity index (χ2n) is 9.56. The van der Waals surface area contributed by atoms with Gasteiger partial charge in [0.1, 0.15) is 23.0 Å². The lowest BCUT2D eigenvalue weighted by Crippen LogP contribution is -2.13. The Morgan fingerprint density at radius 2 is 1.25 bits per heavy atom. The molecule has 0 aromatic heterocycles. The zero-order chi connectivity index (χ0) is 24.2. The van der Waals surface area contributed by atoms with Crippen molar-refractivity contribution in [3.63, 3.8) is 0 Å². The highest BCUT2D eigenvalue weighted by molar-refractivity contribution is 5.96. The van der Waals surface area contributed by atoms with Gasteiger partial charge >= 0.3 is 0 Å². The summed E-state index contributed by atoms with van der Waals surface area (Å²) in [5.41, 5.74) is 5.83. The van der Waals surface area contributed by atoms with E-state index < -0.39 is 0 Å². The van der Waals surface area contributed by atoms with Gasteiger partial charge in [0.25, 0.3) is 0 Å². The van der Waals surface area contributed by atoms with Gasteiger partial charge in [-0.15, -0.1) is 0 Å². The zero-order valence-electron chi connectivity index (χ0n) is 19.6. The molecule has 0 bridgehead atoms. The van der Waals surface area contributed by atoms with Gasteiger partial charge in [0.05, 0.1) is 0 Å². The molecule has 0 spiro atoms. The molecule has 0 radical (unpaired) electrons. The number of hydrogen-bond acceptors (Lipinski definition) is 3. The van der Waals surface area contributed by atoms with E-state index in [2.05, 4.69) is 42.5 Å². The third-order valence-electron chi connectivity index (χ3n) is 7.38. The van der Waals surface area contributed by atoms with Crippen molar-refractivity contribution in [2.24, 2.45) is 0 Å². The number of phenolic OH excluding ortho intramolecular Hbond substituents is 2. The zero-order valence-corrected chi connectivity index (χ0v) is 19.6. The van der Waals surface area contributed by atoms with Crippen LogP contribution in [0.3, 0.4) is 0 Å². The molecule has 7 rings (SSSR count). The summed E-state index contributed by atoms with van der Waals surface area (Å²) in [5.74, 6) is 2.07. The average Bonchev–Trinajstić information content (AvgIpc) is 2.92. The van der Waals surface area contributed by atoms with Crippen LogP contribution in [0, 0.1) is 0 Å². The van der Waals surface area contributed by atoms with Gasteiger partial charge in [-0.25, -0.2) is 0 Å². The largest absolute Gasteiger partial charge is 0.508 e. The van der Waals surface area contributed by atoms with E-state index in [1.165, 1.54) is 16.7 Å². The van der Waals surface area contributed by atoms with Gasteiger partial charge in [-0.05, 0) is 87.5 Å². The Labute approximate surface area is 209 Å². The van der Waals surface area contributed by atoms with Crippen molar-refractivity contribution in [3.05, 3.63) is 125 Å². The van der Waals surface area contributed by atoms with Crippen LogP contribution < -0.4 is 4.74 Å². The molecule has 0 saturated heterocycles. The molecule has 3 nitrogen and oxygen atoms in total. The molecular formula is C33H24O3. The van der Waals surface area contributed by atoms with Gasteiger partial charge in [-0.2, -0.15) is 0 Å². The summed E-state index contributed by atoms with van der Waals surface area (Å²) in [6.07, 6.45) is 8.91. The molecule has 5 aromatic carbocycles. The number of hydrogen-bond donors (Lipinski definition) is 2. The number of fused-ring (bicyclic) bond motifs is 6. The average molecular weight is 469 g/mol. The number of allylic oxidation sites excluding steroid dienone is 4. The number of aromatic hydroxyl groups is 2. The number of benzene rings is 5. The number of phenols is 2. The van der Waals surface area contributed by atoms with Crippen molar-refractivity contribution >= 4 is 27.1 Å². The molecule has 0 unspecified atom stereocenters. The third kappa shape index (κ3) is 3.28. The first kappa shape index (κ1) is 20.8. The first-order valence-electron chi connectivity index (χ1n) is 12.3. The lowest BCUT2D eigenvalue weighted by Gasteiger charge is -2.31. The molecule has 1 heterocycles. The maximum absolute atomic E-state index is 10.1. The molecule has 0 saturated carbocycles. The quantitative estimate of drug-likeness (QED) is 0.268. The van der Waals surface area contributed by atoms with Crippen molar-refractivity contribution in [2.75, 3.05) is 0 Å². The van der Waals surface area contributed by atoms with Gasteiger partial charge < -0.3 is 14.9 Å². The van der Waals surface area contributed by atoms with E-state index >= 15 is 0 Å². The summed E-state index contributed by atoms with van der Waals surface area (Å²) >= 11 is 0. The third-order valence-corrected chi connectivity index (χ3v) is 7.38. The van der Waals surface area contributed by atoms with Gasteiger partial charge in [-0.3, -0.25) is 0 Å². The highest BCUT2D eigenvalue weighted by atomic mass is 16.5. The highest BCUT2D eigenvalue weighted by Gasteiger charge is 2.32. The Bertz CT molecular complexity index is 1630. The molecule has 5 aromatic rings. The molecule has 1 aliphatic heterocycles. The Morgan fingerprint density at radius 3 is 1.81 bits per heavy atom. The molecule has 1 aliphatic carbocycles. The van der Waals surface area contributed by atoms with Crippen LogP contribution in [-0.2, 0) is 0 Å². The first-order valence-corrected chi connectivity index (χ1v) is 12.3. The summed E-state index contributed by atoms with van der Waals surface area (Å²) in [6, 6.07) is 27.9. The second kappa shape index (κ2) is 8.03. The minimum atomic E-state index is -0.0739. The molecule has 0 amide bonds. The van der Waals surface area contributed by atoms with E-state index in [-0.39, 0.29) is 17.4 Å². The van der Waals surface area contributed by atoms with Gasteiger partial charge in [0, 0.05) is 17.0 Å². The summed E-state index contributed by atoms with van der Waals surface area (Å²) in [6.45, 7) is 0. The normalized spacial score (nSPS) is 14.8. The maximum Gasteiger partial charge on any atom is 0.132 e.